The Morgan fingerprint density at radius 3 is 2.47 bits per heavy atom. The van der Waals surface area contributed by atoms with Gasteiger partial charge < -0.3 is 0 Å². The van der Waals surface area contributed by atoms with Crippen molar-refractivity contribution >= 4 is 0 Å². The predicted molar refractivity (Wildman–Crippen MR) is 55.1 cm³/mol. The van der Waals surface area contributed by atoms with E-state index in [-0.39, 0.29) is 11.2 Å². The molecule has 76 valence electrons. The molecule has 0 bridgehead atoms. The van der Waals surface area contributed by atoms with Crippen LogP contribution in [0.25, 0.3) is 5.69 Å². The van der Waals surface area contributed by atoms with Crippen LogP contribution in [0.1, 0.15) is 0 Å². The van der Waals surface area contributed by atoms with Crippen LogP contribution in [0.15, 0.2) is 46.4 Å². The Hall–Kier alpha value is -2.17. The molecule has 0 atom stereocenters. The average Bonchev–Trinajstić information content (AvgIpc) is 2.27. The molecule has 0 spiro atoms. The lowest BCUT2D eigenvalue weighted by atomic mass is 10.4. The summed E-state index contributed by atoms with van der Waals surface area (Å²) in [5, 5.41) is 0. The van der Waals surface area contributed by atoms with Gasteiger partial charge in [0.2, 0.25) is 0 Å². The summed E-state index contributed by atoms with van der Waals surface area (Å²) < 4.78 is 2.45. The van der Waals surface area contributed by atoms with E-state index < -0.39 is 0 Å². The van der Waals surface area contributed by atoms with E-state index >= 15 is 0 Å². The highest BCUT2D eigenvalue weighted by Crippen LogP contribution is 1.99. The van der Waals surface area contributed by atoms with E-state index in [0.717, 1.165) is 4.57 Å². The Balaban J connectivity index is 2.71. The fourth-order valence-electron chi connectivity index (χ4n) is 1.27. The summed E-state index contributed by atoms with van der Waals surface area (Å²) >= 11 is 0. The number of hydrogen-bond donors (Lipinski definition) is 0. The van der Waals surface area contributed by atoms with E-state index in [2.05, 4.69) is 4.98 Å². The molecule has 0 aliphatic rings. The van der Waals surface area contributed by atoms with Gasteiger partial charge in [-0.2, -0.15) is 0 Å². The summed E-state index contributed by atoms with van der Waals surface area (Å²) in [7, 11) is 1.45. The number of hydrogen-bond acceptors (Lipinski definition) is 3. The van der Waals surface area contributed by atoms with Gasteiger partial charge in [-0.05, 0) is 12.1 Å². The largest absolute Gasteiger partial charge is 0.335 e. The maximum atomic E-state index is 11.7. The van der Waals surface area contributed by atoms with Crippen molar-refractivity contribution in [1.82, 2.24) is 14.1 Å². The summed E-state index contributed by atoms with van der Waals surface area (Å²) in [4.78, 5) is 26.7. The Morgan fingerprint density at radius 1 is 1.13 bits per heavy atom. The molecule has 0 radical (unpaired) electrons. The van der Waals surface area contributed by atoms with Crippen LogP contribution in [0, 0.1) is 0 Å². The predicted octanol–water partition coefficient (Wildman–Crippen LogP) is -0.0688. The van der Waals surface area contributed by atoms with Crippen LogP contribution in [0.5, 0.6) is 0 Å². The van der Waals surface area contributed by atoms with Crippen molar-refractivity contribution in [3.05, 3.63) is 57.6 Å². The first-order valence-electron chi connectivity index (χ1n) is 4.39. The molecule has 0 aliphatic carbocycles. The highest BCUT2D eigenvalue weighted by Gasteiger charge is 2.02. The molecule has 0 saturated heterocycles. The fraction of sp³-hybridized carbons (Fsp3) is 0.100. The van der Waals surface area contributed by atoms with E-state index in [0.29, 0.717) is 5.69 Å². The normalized spacial score (nSPS) is 10.2. The molecule has 0 unspecified atom stereocenters. The van der Waals surface area contributed by atoms with Crippen LogP contribution in [-0.2, 0) is 7.05 Å². The standard InChI is InChI=1S/C10H9N3O2/c1-12-9(14)4-7-13(10(12)15)8-2-5-11-6-3-8/h2-7H,1H3. The van der Waals surface area contributed by atoms with Gasteiger partial charge >= 0.3 is 5.69 Å². The minimum atomic E-state index is -0.367. The second kappa shape index (κ2) is 3.53. The monoisotopic (exact) mass is 203 g/mol. The van der Waals surface area contributed by atoms with Crippen LogP contribution < -0.4 is 11.2 Å². The molecule has 2 aromatic heterocycles. The topological polar surface area (TPSA) is 56.9 Å². The van der Waals surface area contributed by atoms with Gasteiger partial charge in [-0.15, -0.1) is 0 Å². The van der Waals surface area contributed by atoms with Gasteiger partial charge in [-0.1, -0.05) is 0 Å². The van der Waals surface area contributed by atoms with E-state index in [4.69, 9.17) is 0 Å². The van der Waals surface area contributed by atoms with Gasteiger partial charge in [0, 0.05) is 31.7 Å². The van der Waals surface area contributed by atoms with Crippen LogP contribution in [0.3, 0.4) is 0 Å². The fourth-order valence-corrected chi connectivity index (χ4v) is 1.27. The SMILES string of the molecule is Cn1c(=O)ccn(-c2ccncc2)c1=O. The summed E-state index contributed by atoms with van der Waals surface area (Å²) in [5.74, 6) is 0. The lowest BCUT2D eigenvalue weighted by Crippen LogP contribution is -2.36. The molecular weight excluding hydrogens is 194 g/mol. The first kappa shape index (κ1) is 9.39. The molecule has 15 heavy (non-hydrogen) atoms. The summed E-state index contributed by atoms with van der Waals surface area (Å²) in [6, 6.07) is 4.75. The molecule has 0 amide bonds. The molecule has 2 aromatic rings. The van der Waals surface area contributed by atoms with Gasteiger partial charge in [0.05, 0.1) is 5.69 Å². The van der Waals surface area contributed by atoms with Crippen LogP contribution in [-0.4, -0.2) is 14.1 Å². The van der Waals surface area contributed by atoms with Crippen molar-refractivity contribution in [1.29, 1.82) is 0 Å². The van der Waals surface area contributed by atoms with Crippen molar-refractivity contribution in [2.75, 3.05) is 0 Å². The molecule has 2 heterocycles. The van der Waals surface area contributed by atoms with Crippen molar-refractivity contribution in [2.45, 2.75) is 0 Å². The third-order valence-electron chi connectivity index (χ3n) is 2.13. The molecule has 0 aliphatic heterocycles. The summed E-state index contributed by atoms with van der Waals surface area (Å²) in [6.07, 6.45) is 4.64. The molecule has 0 saturated carbocycles. The molecular formula is C10H9N3O2. The zero-order valence-electron chi connectivity index (χ0n) is 8.12. The van der Waals surface area contributed by atoms with Crippen LogP contribution >= 0.6 is 0 Å². The zero-order chi connectivity index (χ0) is 10.8. The van der Waals surface area contributed by atoms with Gasteiger partial charge in [0.15, 0.2) is 0 Å². The Morgan fingerprint density at radius 2 is 1.80 bits per heavy atom. The molecule has 0 N–H and O–H groups in total. The van der Waals surface area contributed by atoms with Gasteiger partial charge in [0.1, 0.15) is 0 Å². The highest BCUT2D eigenvalue weighted by atomic mass is 16.2. The van der Waals surface area contributed by atoms with Crippen molar-refractivity contribution in [2.24, 2.45) is 7.05 Å². The van der Waals surface area contributed by atoms with Crippen LogP contribution in [0.4, 0.5) is 0 Å². The molecule has 2 rings (SSSR count). The molecule has 0 aromatic carbocycles. The highest BCUT2D eigenvalue weighted by molar-refractivity contribution is 5.28. The van der Waals surface area contributed by atoms with Gasteiger partial charge in [0.25, 0.3) is 5.56 Å². The minimum Gasteiger partial charge on any atom is -0.269 e. The maximum Gasteiger partial charge on any atom is 0.335 e. The van der Waals surface area contributed by atoms with Crippen LogP contribution in [0.2, 0.25) is 0 Å². The van der Waals surface area contributed by atoms with Crippen molar-refractivity contribution < 1.29 is 0 Å². The van der Waals surface area contributed by atoms with E-state index in [1.807, 2.05) is 0 Å². The number of rotatable bonds is 1. The Bertz CT molecular complexity index is 584. The first-order valence-corrected chi connectivity index (χ1v) is 4.39. The minimum absolute atomic E-state index is 0.315. The van der Waals surface area contributed by atoms with Gasteiger partial charge in [-0.25, -0.2) is 4.79 Å². The third-order valence-corrected chi connectivity index (χ3v) is 2.13. The summed E-state index contributed by atoms with van der Waals surface area (Å²) in [6.45, 7) is 0. The Kier molecular flexibility index (Phi) is 2.21. The third kappa shape index (κ3) is 1.59. The quantitative estimate of drug-likeness (QED) is 0.652. The number of nitrogens with zero attached hydrogens (tertiary/aromatic N) is 3. The molecule has 0 fully saturated rings. The number of aromatic nitrogens is 3. The Labute approximate surface area is 85.3 Å². The maximum absolute atomic E-state index is 11.7. The van der Waals surface area contributed by atoms with E-state index in [1.165, 1.54) is 23.9 Å². The summed E-state index contributed by atoms with van der Waals surface area (Å²) in [5.41, 5.74) is 0.00426. The van der Waals surface area contributed by atoms with E-state index in [1.54, 1.807) is 24.5 Å². The second-order valence-corrected chi connectivity index (χ2v) is 3.07. The lowest BCUT2D eigenvalue weighted by Gasteiger charge is -2.05. The molecule has 5 nitrogen and oxygen atoms in total. The van der Waals surface area contributed by atoms with Crippen molar-refractivity contribution in [3.8, 4) is 5.69 Å². The smallest absolute Gasteiger partial charge is 0.269 e. The lowest BCUT2D eigenvalue weighted by molar-refractivity contribution is 0.728. The van der Waals surface area contributed by atoms with Gasteiger partial charge in [-0.3, -0.25) is 18.9 Å². The zero-order valence-corrected chi connectivity index (χ0v) is 8.12. The second-order valence-electron chi connectivity index (χ2n) is 3.07. The average molecular weight is 203 g/mol. The van der Waals surface area contributed by atoms with E-state index in [9.17, 15) is 9.59 Å². The van der Waals surface area contributed by atoms with Crippen molar-refractivity contribution in [3.63, 3.8) is 0 Å². The molecule has 5 heteroatoms. The number of pyridine rings is 1. The first-order chi connectivity index (χ1) is 7.20.